The lowest BCUT2D eigenvalue weighted by atomic mass is 10.4. The van der Waals surface area contributed by atoms with Crippen molar-refractivity contribution in [3.63, 3.8) is 0 Å². The Hall–Kier alpha value is -1.15. The second-order valence-corrected chi connectivity index (χ2v) is 4.19. The van der Waals surface area contributed by atoms with Gasteiger partial charge in [0.25, 0.3) is 5.91 Å². The molecule has 90 valence electrons. The van der Waals surface area contributed by atoms with E-state index in [1.54, 1.807) is 19.3 Å². The Morgan fingerprint density at radius 2 is 2.12 bits per heavy atom. The SMILES string of the molecule is Cc1nc(C)c(C(=O)NOCC(F)(F)F)s1. The first-order valence-electron chi connectivity index (χ1n) is 4.22. The van der Waals surface area contributed by atoms with Crippen LogP contribution < -0.4 is 5.48 Å². The van der Waals surface area contributed by atoms with E-state index in [1.807, 2.05) is 0 Å². The van der Waals surface area contributed by atoms with Crippen LogP contribution in [0.2, 0.25) is 0 Å². The Morgan fingerprint density at radius 1 is 1.50 bits per heavy atom. The minimum Gasteiger partial charge on any atom is -0.266 e. The summed E-state index contributed by atoms with van der Waals surface area (Å²) in [5.74, 6) is -0.715. The number of aromatic nitrogens is 1. The summed E-state index contributed by atoms with van der Waals surface area (Å²) in [6.45, 7) is 1.78. The van der Waals surface area contributed by atoms with Gasteiger partial charge in [0.15, 0.2) is 6.61 Å². The molecule has 0 radical (unpaired) electrons. The number of nitrogens with zero attached hydrogens (tertiary/aromatic N) is 1. The predicted molar refractivity (Wildman–Crippen MR) is 51.1 cm³/mol. The van der Waals surface area contributed by atoms with Crippen LogP contribution in [-0.2, 0) is 4.84 Å². The van der Waals surface area contributed by atoms with Crippen LogP contribution in [0.4, 0.5) is 13.2 Å². The van der Waals surface area contributed by atoms with E-state index in [1.165, 1.54) is 0 Å². The van der Waals surface area contributed by atoms with Gasteiger partial charge in [0.2, 0.25) is 0 Å². The van der Waals surface area contributed by atoms with E-state index >= 15 is 0 Å². The lowest BCUT2D eigenvalue weighted by Gasteiger charge is -2.07. The molecule has 8 heteroatoms. The number of hydroxylamine groups is 1. The molecule has 0 saturated carbocycles. The second kappa shape index (κ2) is 4.79. The molecule has 0 saturated heterocycles. The molecule has 1 rings (SSSR count). The normalized spacial score (nSPS) is 11.6. The third kappa shape index (κ3) is 3.78. The summed E-state index contributed by atoms with van der Waals surface area (Å²) in [6.07, 6.45) is -4.47. The summed E-state index contributed by atoms with van der Waals surface area (Å²) in [6, 6.07) is 0. The van der Waals surface area contributed by atoms with Crippen molar-refractivity contribution < 1.29 is 22.8 Å². The van der Waals surface area contributed by atoms with E-state index in [9.17, 15) is 18.0 Å². The minimum atomic E-state index is -4.47. The number of hydrogen-bond donors (Lipinski definition) is 1. The van der Waals surface area contributed by atoms with Gasteiger partial charge in [-0.2, -0.15) is 13.2 Å². The van der Waals surface area contributed by atoms with E-state index < -0.39 is 18.7 Å². The van der Waals surface area contributed by atoms with Crippen molar-refractivity contribution >= 4 is 17.2 Å². The van der Waals surface area contributed by atoms with Gasteiger partial charge in [-0.3, -0.25) is 9.63 Å². The van der Waals surface area contributed by atoms with Gasteiger partial charge in [-0.15, -0.1) is 11.3 Å². The highest BCUT2D eigenvalue weighted by atomic mass is 32.1. The molecule has 0 aromatic carbocycles. The van der Waals surface area contributed by atoms with Gasteiger partial charge < -0.3 is 0 Å². The van der Waals surface area contributed by atoms with Crippen LogP contribution in [0.5, 0.6) is 0 Å². The highest BCUT2D eigenvalue weighted by Crippen LogP contribution is 2.17. The third-order valence-corrected chi connectivity index (χ3v) is 2.58. The van der Waals surface area contributed by atoms with Gasteiger partial charge in [-0.05, 0) is 13.8 Å². The number of alkyl halides is 3. The van der Waals surface area contributed by atoms with Crippen molar-refractivity contribution in [1.82, 2.24) is 10.5 Å². The van der Waals surface area contributed by atoms with E-state index in [-0.39, 0.29) is 4.88 Å². The van der Waals surface area contributed by atoms with Gasteiger partial charge in [-0.25, -0.2) is 10.5 Å². The predicted octanol–water partition coefficient (Wildman–Crippen LogP) is 1.98. The first-order valence-corrected chi connectivity index (χ1v) is 5.04. The Kier molecular flexibility index (Phi) is 3.87. The maximum absolute atomic E-state index is 11.7. The quantitative estimate of drug-likeness (QED) is 0.839. The van der Waals surface area contributed by atoms with Crippen LogP contribution >= 0.6 is 11.3 Å². The molecule has 1 N–H and O–H groups in total. The number of carbonyl (C=O) groups excluding carboxylic acids is 1. The average Bonchev–Trinajstić information content (AvgIpc) is 2.43. The molecule has 0 unspecified atom stereocenters. The zero-order chi connectivity index (χ0) is 12.3. The number of hydrogen-bond acceptors (Lipinski definition) is 4. The fraction of sp³-hybridized carbons (Fsp3) is 0.500. The van der Waals surface area contributed by atoms with Crippen LogP contribution in [0.3, 0.4) is 0 Å². The molecule has 0 aliphatic heterocycles. The number of carbonyl (C=O) groups is 1. The van der Waals surface area contributed by atoms with E-state index in [0.29, 0.717) is 10.7 Å². The number of nitrogens with one attached hydrogen (secondary N) is 1. The topological polar surface area (TPSA) is 51.2 Å². The fourth-order valence-corrected chi connectivity index (χ4v) is 1.78. The van der Waals surface area contributed by atoms with Crippen molar-refractivity contribution in [3.8, 4) is 0 Å². The maximum Gasteiger partial charge on any atom is 0.414 e. The molecule has 1 amide bonds. The maximum atomic E-state index is 11.7. The molecule has 4 nitrogen and oxygen atoms in total. The zero-order valence-electron chi connectivity index (χ0n) is 8.51. The smallest absolute Gasteiger partial charge is 0.266 e. The second-order valence-electron chi connectivity index (χ2n) is 2.98. The molecule has 0 spiro atoms. The molecule has 0 aliphatic carbocycles. The van der Waals surface area contributed by atoms with Crippen molar-refractivity contribution in [2.24, 2.45) is 0 Å². The van der Waals surface area contributed by atoms with E-state index in [4.69, 9.17) is 0 Å². The number of amides is 1. The summed E-state index contributed by atoms with van der Waals surface area (Å²) < 4.78 is 35.1. The van der Waals surface area contributed by atoms with Gasteiger partial charge in [0.1, 0.15) is 4.88 Å². The van der Waals surface area contributed by atoms with Crippen molar-refractivity contribution in [1.29, 1.82) is 0 Å². The number of rotatable bonds is 3. The van der Waals surface area contributed by atoms with E-state index in [0.717, 1.165) is 11.3 Å². The number of halogens is 3. The molecule has 0 atom stereocenters. The fourth-order valence-electron chi connectivity index (χ4n) is 0.972. The molecule has 1 aromatic rings. The molecule has 16 heavy (non-hydrogen) atoms. The lowest BCUT2D eigenvalue weighted by molar-refractivity contribution is -0.184. The zero-order valence-corrected chi connectivity index (χ0v) is 9.33. The largest absolute Gasteiger partial charge is 0.414 e. The Bertz CT molecular complexity index is 389. The third-order valence-electron chi connectivity index (χ3n) is 1.51. The summed E-state index contributed by atoms with van der Waals surface area (Å²) >= 11 is 1.10. The molecule has 0 aliphatic rings. The van der Waals surface area contributed by atoms with Crippen molar-refractivity contribution in [3.05, 3.63) is 15.6 Å². The van der Waals surface area contributed by atoms with E-state index in [2.05, 4.69) is 9.82 Å². The van der Waals surface area contributed by atoms with Crippen LogP contribution in [0.1, 0.15) is 20.4 Å². The molecule has 1 heterocycles. The van der Waals surface area contributed by atoms with Crippen LogP contribution in [0.15, 0.2) is 0 Å². The molecule has 0 fully saturated rings. The van der Waals surface area contributed by atoms with Gasteiger partial charge in [-0.1, -0.05) is 0 Å². The highest BCUT2D eigenvalue weighted by Gasteiger charge is 2.28. The lowest BCUT2D eigenvalue weighted by Crippen LogP contribution is -2.29. The molecular weight excluding hydrogens is 245 g/mol. The van der Waals surface area contributed by atoms with Crippen molar-refractivity contribution in [2.75, 3.05) is 6.61 Å². The number of aryl methyl sites for hydroxylation is 2. The number of thiazole rings is 1. The Morgan fingerprint density at radius 3 is 2.56 bits per heavy atom. The van der Waals surface area contributed by atoms with Gasteiger partial charge in [0, 0.05) is 0 Å². The van der Waals surface area contributed by atoms with Crippen molar-refractivity contribution in [2.45, 2.75) is 20.0 Å². The molecular formula is C8H9F3N2O2S. The van der Waals surface area contributed by atoms with Crippen LogP contribution in [0, 0.1) is 13.8 Å². The first-order chi connectivity index (χ1) is 7.29. The van der Waals surface area contributed by atoms with Crippen LogP contribution in [-0.4, -0.2) is 23.7 Å². The summed E-state index contributed by atoms with van der Waals surface area (Å²) in [5.41, 5.74) is 2.19. The van der Waals surface area contributed by atoms with Gasteiger partial charge >= 0.3 is 6.18 Å². The highest BCUT2D eigenvalue weighted by molar-refractivity contribution is 7.13. The Labute approximate surface area is 93.4 Å². The summed E-state index contributed by atoms with van der Waals surface area (Å²) in [5, 5.41) is 0.665. The van der Waals surface area contributed by atoms with Crippen LogP contribution in [0.25, 0.3) is 0 Å². The monoisotopic (exact) mass is 254 g/mol. The average molecular weight is 254 g/mol. The standard InChI is InChI=1S/C8H9F3N2O2S/c1-4-6(16-5(2)12-4)7(14)13-15-3-8(9,10)11/h3H2,1-2H3,(H,13,14). The first kappa shape index (κ1) is 12.9. The summed E-state index contributed by atoms with van der Waals surface area (Å²) in [7, 11) is 0. The minimum absolute atomic E-state index is 0.250. The van der Waals surface area contributed by atoms with Gasteiger partial charge in [0.05, 0.1) is 10.7 Å². The molecule has 1 aromatic heterocycles. The molecule has 0 bridgehead atoms. The summed E-state index contributed by atoms with van der Waals surface area (Å²) in [4.78, 5) is 19.6. The Balaban J connectivity index is 2.51.